The van der Waals surface area contributed by atoms with Crippen molar-refractivity contribution in [2.75, 3.05) is 34.4 Å². The van der Waals surface area contributed by atoms with E-state index in [0.29, 0.717) is 27.9 Å². The number of ether oxygens (including phenoxy) is 3. The van der Waals surface area contributed by atoms with Gasteiger partial charge in [-0.25, -0.2) is 9.79 Å². The minimum Gasteiger partial charge on any atom is -0.497 e. The van der Waals surface area contributed by atoms with Crippen molar-refractivity contribution in [3.63, 3.8) is 0 Å². The smallest absolute Gasteiger partial charge is 0.338 e. The Morgan fingerprint density at radius 3 is 2.56 bits per heavy atom. The molecular weight excluding hydrogens is 430 g/mol. The van der Waals surface area contributed by atoms with Crippen LogP contribution in [0, 0.1) is 0 Å². The summed E-state index contributed by atoms with van der Waals surface area (Å²) in [6.07, 6.45) is 2.31. The molecule has 9 heteroatoms. The number of carbonyl (C=O) groups excluding carboxylic acids is 2. The monoisotopic (exact) mass is 457 g/mol. The molecule has 3 aliphatic rings. The number of nitrogens with zero attached hydrogens (tertiary/aromatic N) is 3. The Labute approximate surface area is 191 Å². The molecule has 4 rings (SSSR count). The molecule has 1 aromatic rings. The van der Waals surface area contributed by atoms with Gasteiger partial charge in [0.1, 0.15) is 11.5 Å². The molecule has 1 amide bonds. The number of methoxy groups -OCH3 is 3. The lowest BCUT2D eigenvalue weighted by Crippen LogP contribution is -2.38. The first-order valence-corrected chi connectivity index (χ1v) is 11.4. The molecular formula is C23H27N3O5S. The Bertz CT molecular complexity index is 1030. The van der Waals surface area contributed by atoms with Gasteiger partial charge in [0, 0.05) is 24.4 Å². The molecule has 1 fully saturated rings. The fraction of sp³-hybridized carbons (Fsp3) is 0.435. The molecule has 8 nitrogen and oxygen atoms in total. The van der Waals surface area contributed by atoms with Crippen molar-refractivity contribution in [1.82, 2.24) is 9.80 Å². The summed E-state index contributed by atoms with van der Waals surface area (Å²) < 4.78 is 16.2. The number of esters is 1. The van der Waals surface area contributed by atoms with Gasteiger partial charge in [0.2, 0.25) is 5.91 Å². The van der Waals surface area contributed by atoms with E-state index in [2.05, 4.69) is 4.99 Å². The zero-order valence-corrected chi connectivity index (χ0v) is 19.5. The summed E-state index contributed by atoms with van der Waals surface area (Å²) in [4.78, 5) is 34.3. The fourth-order valence-corrected chi connectivity index (χ4v) is 5.29. The molecule has 0 spiro atoms. The number of carbonyl (C=O) groups is 2. The van der Waals surface area contributed by atoms with Crippen LogP contribution < -0.4 is 9.47 Å². The summed E-state index contributed by atoms with van der Waals surface area (Å²) in [6.45, 7) is 3.38. The number of fused-ring (bicyclic) bond motifs is 1. The first kappa shape index (κ1) is 22.3. The van der Waals surface area contributed by atoms with E-state index in [0.717, 1.165) is 37.2 Å². The molecule has 0 aliphatic carbocycles. The predicted molar refractivity (Wildman–Crippen MR) is 122 cm³/mol. The molecule has 3 heterocycles. The highest BCUT2D eigenvalue weighted by molar-refractivity contribution is 8.16. The van der Waals surface area contributed by atoms with Crippen LogP contribution in [0.4, 0.5) is 0 Å². The summed E-state index contributed by atoms with van der Waals surface area (Å²) in [5.74, 6) is 0.853. The first-order chi connectivity index (χ1) is 15.5. The Morgan fingerprint density at radius 1 is 1.16 bits per heavy atom. The van der Waals surface area contributed by atoms with Crippen LogP contribution in [0.1, 0.15) is 37.8 Å². The van der Waals surface area contributed by atoms with Crippen molar-refractivity contribution in [2.24, 2.45) is 4.99 Å². The topological polar surface area (TPSA) is 80.7 Å². The lowest BCUT2D eigenvalue weighted by atomic mass is 9.93. The number of benzene rings is 1. The van der Waals surface area contributed by atoms with Gasteiger partial charge < -0.3 is 24.0 Å². The molecule has 1 atom stereocenters. The predicted octanol–water partition coefficient (Wildman–Crippen LogP) is 3.46. The van der Waals surface area contributed by atoms with E-state index in [1.165, 1.54) is 18.9 Å². The van der Waals surface area contributed by atoms with E-state index in [-0.39, 0.29) is 12.3 Å². The van der Waals surface area contributed by atoms with E-state index in [9.17, 15) is 9.59 Å². The normalized spacial score (nSPS) is 20.1. The molecule has 170 valence electrons. The molecule has 1 aromatic carbocycles. The van der Waals surface area contributed by atoms with Crippen molar-refractivity contribution in [3.8, 4) is 11.5 Å². The number of likely N-dealkylation sites (tertiary alicyclic amines) is 1. The summed E-state index contributed by atoms with van der Waals surface area (Å²) in [7, 11) is 4.53. The molecule has 0 N–H and O–H groups in total. The third-order valence-electron chi connectivity index (χ3n) is 5.93. The van der Waals surface area contributed by atoms with E-state index in [1.807, 2.05) is 27.3 Å². The second-order valence-electron chi connectivity index (χ2n) is 7.76. The maximum absolute atomic E-state index is 12.9. The molecule has 0 radical (unpaired) electrons. The zero-order valence-electron chi connectivity index (χ0n) is 18.7. The lowest BCUT2D eigenvalue weighted by molar-refractivity contribution is -0.136. The first-order valence-electron chi connectivity index (χ1n) is 10.5. The number of rotatable bonds is 6. The maximum atomic E-state index is 12.9. The van der Waals surface area contributed by atoms with Crippen LogP contribution in [0.25, 0.3) is 0 Å². The van der Waals surface area contributed by atoms with Gasteiger partial charge in [-0.1, -0.05) is 11.8 Å². The highest BCUT2D eigenvalue weighted by Crippen LogP contribution is 2.47. The minimum absolute atomic E-state index is 0.0813. The van der Waals surface area contributed by atoms with Gasteiger partial charge in [0.15, 0.2) is 5.17 Å². The summed E-state index contributed by atoms with van der Waals surface area (Å²) >= 11 is 1.45. The average Bonchev–Trinajstić information content (AvgIpc) is 3.48. The standard InChI is InChI=1S/C23H27N3O5S/c1-14-20(22(28)31-4)21(17-12-16(29-2)7-8-18(17)30-3)26-15(13-32-23(26)24-14)11-19(27)25-9-5-6-10-25/h7-8,12-13,21H,5-6,9-11H2,1-4H3/t21-/m1/s1. The Balaban J connectivity index is 1.79. The van der Waals surface area contributed by atoms with Crippen molar-refractivity contribution in [2.45, 2.75) is 32.2 Å². The number of allylic oxidation sites excluding steroid dienone is 1. The number of amidine groups is 1. The molecule has 0 unspecified atom stereocenters. The Morgan fingerprint density at radius 2 is 1.91 bits per heavy atom. The zero-order chi connectivity index (χ0) is 22.8. The van der Waals surface area contributed by atoms with E-state index >= 15 is 0 Å². The van der Waals surface area contributed by atoms with Crippen LogP contribution in [0.2, 0.25) is 0 Å². The lowest BCUT2D eigenvalue weighted by Gasteiger charge is -2.37. The highest BCUT2D eigenvalue weighted by atomic mass is 32.2. The summed E-state index contributed by atoms with van der Waals surface area (Å²) in [5.41, 5.74) is 2.52. The van der Waals surface area contributed by atoms with Crippen LogP contribution in [-0.4, -0.2) is 61.3 Å². The maximum Gasteiger partial charge on any atom is 0.338 e. The largest absolute Gasteiger partial charge is 0.497 e. The number of thioether (sulfide) groups is 1. The number of hydrogen-bond donors (Lipinski definition) is 0. The van der Waals surface area contributed by atoms with Crippen LogP contribution in [0.5, 0.6) is 11.5 Å². The molecule has 1 saturated heterocycles. The third kappa shape index (κ3) is 3.97. The van der Waals surface area contributed by atoms with Crippen LogP contribution in [0.3, 0.4) is 0 Å². The van der Waals surface area contributed by atoms with Crippen molar-refractivity contribution in [3.05, 3.63) is 46.1 Å². The molecule has 3 aliphatic heterocycles. The van der Waals surface area contributed by atoms with E-state index < -0.39 is 12.0 Å². The summed E-state index contributed by atoms with van der Waals surface area (Å²) in [5, 5.41) is 2.66. The Kier molecular flexibility index (Phi) is 6.45. The van der Waals surface area contributed by atoms with Gasteiger partial charge in [0.25, 0.3) is 0 Å². The second-order valence-corrected chi connectivity index (χ2v) is 8.59. The third-order valence-corrected chi connectivity index (χ3v) is 6.82. The number of hydrogen-bond acceptors (Lipinski definition) is 8. The van der Waals surface area contributed by atoms with Gasteiger partial charge >= 0.3 is 5.97 Å². The van der Waals surface area contributed by atoms with E-state index in [1.54, 1.807) is 27.2 Å². The average molecular weight is 458 g/mol. The van der Waals surface area contributed by atoms with Crippen LogP contribution in [-0.2, 0) is 14.3 Å². The van der Waals surface area contributed by atoms with Crippen molar-refractivity contribution in [1.29, 1.82) is 0 Å². The van der Waals surface area contributed by atoms with E-state index in [4.69, 9.17) is 14.2 Å². The minimum atomic E-state index is -0.562. The molecule has 0 saturated carbocycles. The SMILES string of the molecule is COC(=O)C1=C(C)N=C2SC=C(CC(=O)N3CCCC3)N2[C@@H]1c1cc(OC)ccc1OC. The molecule has 32 heavy (non-hydrogen) atoms. The van der Waals surface area contributed by atoms with Gasteiger partial charge in [0.05, 0.1) is 45.1 Å². The fourth-order valence-electron chi connectivity index (χ4n) is 4.32. The van der Waals surface area contributed by atoms with Gasteiger partial charge in [-0.15, -0.1) is 0 Å². The molecule has 0 aromatic heterocycles. The quantitative estimate of drug-likeness (QED) is 0.605. The van der Waals surface area contributed by atoms with Crippen molar-refractivity contribution >= 4 is 28.8 Å². The Hall–Kier alpha value is -2.94. The highest BCUT2D eigenvalue weighted by Gasteiger charge is 2.42. The van der Waals surface area contributed by atoms with Crippen molar-refractivity contribution < 1.29 is 23.8 Å². The van der Waals surface area contributed by atoms with Gasteiger partial charge in [-0.2, -0.15) is 0 Å². The molecule has 0 bridgehead atoms. The van der Waals surface area contributed by atoms with Crippen LogP contribution in [0.15, 0.2) is 45.6 Å². The second kappa shape index (κ2) is 9.28. The van der Waals surface area contributed by atoms with Gasteiger partial charge in [-0.3, -0.25) is 4.79 Å². The summed E-state index contributed by atoms with van der Waals surface area (Å²) in [6, 6.07) is 4.91. The van der Waals surface area contributed by atoms with Gasteiger partial charge in [-0.05, 0) is 43.4 Å². The number of amides is 1. The van der Waals surface area contributed by atoms with Crippen LogP contribution >= 0.6 is 11.8 Å². The number of aliphatic imine (C=N–C) groups is 1.